The van der Waals surface area contributed by atoms with Gasteiger partial charge in [-0.1, -0.05) is 30.3 Å². The molecule has 0 bridgehead atoms. The van der Waals surface area contributed by atoms with Gasteiger partial charge in [-0.25, -0.2) is 14.4 Å². The third-order valence-corrected chi connectivity index (χ3v) is 5.83. The highest BCUT2D eigenvalue weighted by atomic mass is 32.2. The lowest BCUT2D eigenvalue weighted by Gasteiger charge is -2.03. The van der Waals surface area contributed by atoms with Crippen LogP contribution in [0.3, 0.4) is 0 Å². The Morgan fingerprint density at radius 2 is 1.71 bits per heavy atom. The van der Waals surface area contributed by atoms with Gasteiger partial charge < -0.3 is 4.42 Å². The average Bonchev–Trinajstić information content (AvgIpc) is 3.37. The summed E-state index contributed by atoms with van der Waals surface area (Å²) >= 11 is 2.81. The first-order chi connectivity index (χ1) is 13.8. The van der Waals surface area contributed by atoms with Gasteiger partial charge in [-0.2, -0.15) is 0 Å². The van der Waals surface area contributed by atoms with Gasteiger partial charge in [0.15, 0.2) is 0 Å². The Morgan fingerprint density at radius 1 is 0.893 bits per heavy atom. The summed E-state index contributed by atoms with van der Waals surface area (Å²) in [6, 6.07) is 16.0. The fourth-order valence-electron chi connectivity index (χ4n) is 2.80. The Balaban J connectivity index is 1.54. The Kier molecular flexibility index (Phi) is 4.34. The van der Waals surface area contributed by atoms with Crippen molar-refractivity contribution in [2.24, 2.45) is 0 Å². The van der Waals surface area contributed by atoms with Crippen LogP contribution in [0.2, 0.25) is 0 Å². The molecule has 8 heteroatoms. The normalized spacial score (nSPS) is 11.2. The summed E-state index contributed by atoms with van der Waals surface area (Å²) < 4.78 is 19.1. The van der Waals surface area contributed by atoms with E-state index in [0.717, 1.165) is 26.9 Å². The van der Waals surface area contributed by atoms with E-state index in [-0.39, 0.29) is 5.82 Å². The smallest absolute Gasteiger partial charge is 0.283 e. The molecule has 3 aromatic heterocycles. The monoisotopic (exact) mass is 406 g/mol. The van der Waals surface area contributed by atoms with Gasteiger partial charge in [-0.3, -0.25) is 0 Å². The first-order valence-corrected chi connectivity index (χ1v) is 10.0. The van der Waals surface area contributed by atoms with Crippen LogP contribution in [0.15, 0.2) is 81.0 Å². The van der Waals surface area contributed by atoms with Gasteiger partial charge in [0.2, 0.25) is 5.89 Å². The van der Waals surface area contributed by atoms with Gasteiger partial charge in [0.1, 0.15) is 22.0 Å². The summed E-state index contributed by atoms with van der Waals surface area (Å²) in [5, 5.41) is 12.3. The van der Waals surface area contributed by atoms with Crippen LogP contribution >= 0.6 is 23.1 Å². The van der Waals surface area contributed by atoms with Crippen LogP contribution in [0.5, 0.6) is 0 Å². The van der Waals surface area contributed by atoms with Crippen LogP contribution in [-0.2, 0) is 0 Å². The van der Waals surface area contributed by atoms with E-state index in [9.17, 15) is 4.39 Å². The maximum atomic E-state index is 13.3. The number of hydrogen-bond acceptors (Lipinski definition) is 7. The van der Waals surface area contributed by atoms with E-state index in [4.69, 9.17) is 4.42 Å². The standard InChI is InChI=1S/C20H11FN4OS2/c21-14-8-6-12(7-9-14)15-10-27-18-16(15)19(23-11-22-18)28-20-25-24-17(26-20)13-4-2-1-3-5-13/h1-11H. The topological polar surface area (TPSA) is 64.7 Å². The van der Waals surface area contributed by atoms with Crippen LogP contribution < -0.4 is 0 Å². The van der Waals surface area contributed by atoms with Crippen molar-refractivity contribution in [1.82, 2.24) is 20.2 Å². The number of nitrogens with zero attached hydrogens (tertiary/aromatic N) is 4. The number of aromatic nitrogens is 4. The molecule has 0 N–H and O–H groups in total. The van der Waals surface area contributed by atoms with E-state index in [1.54, 1.807) is 12.1 Å². The van der Waals surface area contributed by atoms with Crippen molar-refractivity contribution in [2.75, 3.05) is 0 Å². The summed E-state index contributed by atoms with van der Waals surface area (Å²) in [6.45, 7) is 0. The van der Waals surface area contributed by atoms with E-state index >= 15 is 0 Å². The fraction of sp³-hybridized carbons (Fsp3) is 0. The molecule has 0 saturated carbocycles. The van der Waals surface area contributed by atoms with Gasteiger partial charge in [0, 0.05) is 16.5 Å². The van der Waals surface area contributed by atoms with E-state index in [2.05, 4.69) is 20.2 Å². The van der Waals surface area contributed by atoms with Crippen LogP contribution in [0.4, 0.5) is 4.39 Å². The first kappa shape index (κ1) is 17.0. The van der Waals surface area contributed by atoms with Gasteiger partial charge in [-0.05, 0) is 41.6 Å². The minimum absolute atomic E-state index is 0.270. The van der Waals surface area contributed by atoms with Crippen molar-refractivity contribution < 1.29 is 8.81 Å². The molecule has 0 amide bonds. The van der Waals surface area contributed by atoms with Crippen molar-refractivity contribution in [3.63, 3.8) is 0 Å². The molecule has 28 heavy (non-hydrogen) atoms. The quantitative estimate of drug-likeness (QED) is 0.357. The van der Waals surface area contributed by atoms with Crippen molar-refractivity contribution in [2.45, 2.75) is 10.2 Å². The van der Waals surface area contributed by atoms with E-state index < -0.39 is 0 Å². The lowest BCUT2D eigenvalue weighted by Crippen LogP contribution is -1.86. The molecule has 2 aromatic carbocycles. The van der Waals surface area contributed by atoms with Gasteiger partial charge >= 0.3 is 0 Å². The summed E-state index contributed by atoms with van der Waals surface area (Å²) in [6.07, 6.45) is 1.52. The molecule has 0 atom stereocenters. The average molecular weight is 406 g/mol. The Bertz CT molecular complexity index is 1250. The lowest BCUT2D eigenvalue weighted by atomic mass is 10.1. The van der Waals surface area contributed by atoms with Gasteiger partial charge in [-0.15, -0.1) is 21.5 Å². The molecule has 0 aliphatic carbocycles. The maximum absolute atomic E-state index is 13.3. The van der Waals surface area contributed by atoms with Crippen molar-refractivity contribution in [3.05, 3.63) is 72.1 Å². The van der Waals surface area contributed by atoms with Crippen LogP contribution in [0, 0.1) is 5.82 Å². The molecule has 3 heterocycles. The second kappa shape index (κ2) is 7.14. The number of thiophene rings is 1. The fourth-order valence-corrected chi connectivity index (χ4v) is 4.55. The first-order valence-electron chi connectivity index (χ1n) is 8.33. The molecule has 0 spiro atoms. The van der Waals surface area contributed by atoms with Crippen molar-refractivity contribution in [3.8, 4) is 22.6 Å². The lowest BCUT2D eigenvalue weighted by molar-refractivity contribution is 0.465. The molecule has 0 saturated heterocycles. The van der Waals surface area contributed by atoms with E-state index in [0.29, 0.717) is 16.1 Å². The zero-order valence-electron chi connectivity index (χ0n) is 14.2. The molecule has 5 aromatic rings. The van der Waals surface area contributed by atoms with Crippen LogP contribution in [0.25, 0.3) is 32.8 Å². The Hall–Kier alpha value is -3.10. The molecule has 0 aliphatic rings. The number of halogens is 1. The molecule has 5 rings (SSSR count). The Morgan fingerprint density at radius 3 is 2.54 bits per heavy atom. The SMILES string of the molecule is Fc1ccc(-c2csc3ncnc(Sc4nnc(-c5ccccc5)o4)c23)cc1. The minimum atomic E-state index is -0.270. The maximum Gasteiger partial charge on any atom is 0.283 e. The molecule has 0 fully saturated rings. The second-order valence-corrected chi connectivity index (χ2v) is 7.65. The second-order valence-electron chi connectivity index (χ2n) is 5.86. The van der Waals surface area contributed by atoms with Crippen LogP contribution in [0.1, 0.15) is 0 Å². The molecular formula is C20H11FN4OS2. The molecule has 0 unspecified atom stereocenters. The molecular weight excluding hydrogens is 395 g/mol. The molecule has 0 radical (unpaired) electrons. The number of rotatable bonds is 4. The molecule has 0 aliphatic heterocycles. The number of fused-ring (bicyclic) bond motifs is 1. The predicted octanol–water partition coefficient (Wildman–Crippen LogP) is 5.70. The number of benzene rings is 2. The summed E-state index contributed by atoms with van der Waals surface area (Å²) in [5.74, 6) is 0.186. The third kappa shape index (κ3) is 3.17. The van der Waals surface area contributed by atoms with Crippen LogP contribution in [-0.4, -0.2) is 20.2 Å². The minimum Gasteiger partial charge on any atom is -0.411 e. The summed E-state index contributed by atoms with van der Waals surface area (Å²) in [7, 11) is 0. The third-order valence-electron chi connectivity index (χ3n) is 4.10. The summed E-state index contributed by atoms with van der Waals surface area (Å²) in [5.41, 5.74) is 2.71. The van der Waals surface area contributed by atoms with Crippen molar-refractivity contribution in [1.29, 1.82) is 0 Å². The predicted molar refractivity (Wildman–Crippen MR) is 107 cm³/mol. The highest BCUT2D eigenvalue weighted by Gasteiger charge is 2.17. The highest BCUT2D eigenvalue weighted by Crippen LogP contribution is 2.40. The zero-order chi connectivity index (χ0) is 18.9. The van der Waals surface area contributed by atoms with Gasteiger partial charge in [0.05, 0.1) is 5.39 Å². The zero-order valence-corrected chi connectivity index (χ0v) is 15.9. The van der Waals surface area contributed by atoms with E-state index in [1.807, 2.05) is 35.7 Å². The summed E-state index contributed by atoms with van der Waals surface area (Å²) in [4.78, 5) is 9.62. The largest absolute Gasteiger partial charge is 0.411 e. The van der Waals surface area contributed by atoms with E-state index in [1.165, 1.54) is 41.6 Å². The molecule has 136 valence electrons. The molecule has 5 nitrogen and oxygen atoms in total. The van der Waals surface area contributed by atoms with Gasteiger partial charge in [0.25, 0.3) is 5.22 Å². The van der Waals surface area contributed by atoms with Crippen molar-refractivity contribution >= 4 is 33.3 Å². The Labute approximate surface area is 167 Å². The number of hydrogen-bond donors (Lipinski definition) is 0. The highest BCUT2D eigenvalue weighted by molar-refractivity contribution is 7.99.